The van der Waals surface area contributed by atoms with Gasteiger partial charge in [-0.3, -0.25) is 9.69 Å². The SMILES string of the molecule is COC(=O)CCC1(c2ccccc2)CN(C(C)c2ccc(Br)cc2)C(=O)O1. The van der Waals surface area contributed by atoms with Gasteiger partial charge >= 0.3 is 12.1 Å². The van der Waals surface area contributed by atoms with Crippen LogP contribution in [0.5, 0.6) is 0 Å². The van der Waals surface area contributed by atoms with Crippen LogP contribution in [0.25, 0.3) is 0 Å². The molecule has 0 radical (unpaired) electrons. The maximum Gasteiger partial charge on any atom is 0.411 e. The Morgan fingerprint density at radius 2 is 1.89 bits per heavy atom. The molecule has 1 aliphatic heterocycles. The predicted molar refractivity (Wildman–Crippen MR) is 105 cm³/mol. The monoisotopic (exact) mass is 431 g/mol. The summed E-state index contributed by atoms with van der Waals surface area (Å²) < 4.78 is 11.6. The Kier molecular flexibility index (Phi) is 5.85. The van der Waals surface area contributed by atoms with Gasteiger partial charge in [0.15, 0.2) is 5.60 Å². The molecular formula is C21H22BrNO4. The summed E-state index contributed by atoms with van der Waals surface area (Å²) in [6.07, 6.45) is 0.178. The molecule has 0 aromatic heterocycles. The summed E-state index contributed by atoms with van der Waals surface area (Å²) >= 11 is 3.43. The van der Waals surface area contributed by atoms with Gasteiger partial charge in [0.2, 0.25) is 0 Å². The zero-order chi connectivity index (χ0) is 19.4. The number of amides is 1. The first kappa shape index (κ1) is 19.4. The van der Waals surface area contributed by atoms with Crippen molar-refractivity contribution < 1.29 is 19.1 Å². The largest absolute Gasteiger partial charge is 0.469 e. The molecule has 1 aliphatic rings. The quantitative estimate of drug-likeness (QED) is 0.615. The molecule has 1 heterocycles. The lowest BCUT2D eigenvalue weighted by atomic mass is 9.88. The van der Waals surface area contributed by atoms with E-state index in [9.17, 15) is 9.59 Å². The van der Waals surface area contributed by atoms with Gasteiger partial charge in [0.05, 0.1) is 19.7 Å². The zero-order valence-corrected chi connectivity index (χ0v) is 16.9. The van der Waals surface area contributed by atoms with E-state index in [1.807, 2.05) is 61.5 Å². The van der Waals surface area contributed by atoms with Crippen molar-refractivity contribution >= 4 is 28.0 Å². The van der Waals surface area contributed by atoms with Crippen LogP contribution in [-0.4, -0.2) is 30.6 Å². The van der Waals surface area contributed by atoms with Crippen molar-refractivity contribution in [3.05, 3.63) is 70.2 Å². The normalized spacial score (nSPS) is 20.3. The number of hydrogen-bond acceptors (Lipinski definition) is 4. The number of rotatable bonds is 6. The average molecular weight is 432 g/mol. The summed E-state index contributed by atoms with van der Waals surface area (Å²) in [5.74, 6) is -0.319. The number of methoxy groups -OCH3 is 1. The summed E-state index contributed by atoms with van der Waals surface area (Å²) in [4.78, 5) is 26.2. The van der Waals surface area contributed by atoms with E-state index in [-0.39, 0.29) is 24.5 Å². The van der Waals surface area contributed by atoms with Crippen molar-refractivity contribution in [3.8, 4) is 0 Å². The van der Waals surface area contributed by atoms with Crippen LogP contribution in [0.1, 0.15) is 36.9 Å². The van der Waals surface area contributed by atoms with E-state index >= 15 is 0 Å². The van der Waals surface area contributed by atoms with E-state index < -0.39 is 5.60 Å². The highest BCUT2D eigenvalue weighted by molar-refractivity contribution is 9.10. The standard InChI is InChI=1S/C21H22BrNO4/c1-15(16-8-10-18(22)11-9-16)23-14-21(27-20(23)25,13-12-19(24)26-2)17-6-4-3-5-7-17/h3-11,15H,12-14H2,1-2H3. The number of hydrogen-bond donors (Lipinski definition) is 0. The Bertz CT molecular complexity index is 809. The molecule has 0 bridgehead atoms. The Labute approximate surface area is 167 Å². The molecule has 27 heavy (non-hydrogen) atoms. The fraction of sp³-hybridized carbons (Fsp3) is 0.333. The molecular weight excluding hydrogens is 410 g/mol. The van der Waals surface area contributed by atoms with Crippen molar-refractivity contribution in [1.29, 1.82) is 0 Å². The summed E-state index contributed by atoms with van der Waals surface area (Å²) in [6, 6.07) is 17.3. The van der Waals surface area contributed by atoms with E-state index in [1.54, 1.807) is 4.90 Å². The van der Waals surface area contributed by atoms with Gasteiger partial charge in [0.25, 0.3) is 0 Å². The number of cyclic esters (lactones) is 1. The Balaban J connectivity index is 1.88. The van der Waals surface area contributed by atoms with Gasteiger partial charge in [-0.25, -0.2) is 4.79 Å². The van der Waals surface area contributed by atoms with Gasteiger partial charge in [0, 0.05) is 17.3 Å². The van der Waals surface area contributed by atoms with Crippen LogP contribution in [0, 0.1) is 0 Å². The molecule has 5 nitrogen and oxygen atoms in total. The smallest absolute Gasteiger partial charge is 0.411 e. The van der Waals surface area contributed by atoms with Crippen molar-refractivity contribution in [2.45, 2.75) is 31.4 Å². The molecule has 0 aliphatic carbocycles. The maximum atomic E-state index is 12.7. The first-order valence-corrected chi connectivity index (χ1v) is 9.62. The van der Waals surface area contributed by atoms with Crippen LogP contribution in [-0.2, 0) is 19.9 Å². The molecule has 1 saturated heterocycles. The van der Waals surface area contributed by atoms with Gasteiger partial charge in [-0.05, 0) is 30.2 Å². The number of benzene rings is 2. The first-order valence-electron chi connectivity index (χ1n) is 8.82. The molecule has 2 unspecified atom stereocenters. The molecule has 142 valence electrons. The molecule has 2 atom stereocenters. The van der Waals surface area contributed by atoms with Crippen molar-refractivity contribution in [2.75, 3.05) is 13.7 Å². The van der Waals surface area contributed by atoms with Crippen LogP contribution in [0.4, 0.5) is 4.79 Å². The third-order valence-electron chi connectivity index (χ3n) is 5.02. The topological polar surface area (TPSA) is 55.8 Å². The average Bonchev–Trinajstić information content (AvgIpc) is 3.04. The lowest BCUT2D eigenvalue weighted by Crippen LogP contribution is -2.34. The van der Waals surface area contributed by atoms with Crippen LogP contribution in [0.2, 0.25) is 0 Å². The fourth-order valence-electron chi connectivity index (χ4n) is 3.39. The van der Waals surface area contributed by atoms with E-state index in [1.165, 1.54) is 7.11 Å². The second-order valence-corrected chi connectivity index (χ2v) is 7.58. The first-order chi connectivity index (χ1) is 12.9. The molecule has 2 aromatic carbocycles. The van der Waals surface area contributed by atoms with Gasteiger partial charge in [-0.15, -0.1) is 0 Å². The van der Waals surface area contributed by atoms with Crippen molar-refractivity contribution in [3.63, 3.8) is 0 Å². The third kappa shape index (κ3) is 4.16. The third-order valence-corrected chi connectivity index (χ3v) is 5.55. The molecule has 0 saturated carbocycles. The molecule has 0 N–H and O–H groups in total. The van der Waals surface area contributed by atoms with Crippen LogP contribution in [0.15, 0.2) is 59.1 Å². The van der Waals surface area contributed by atoms with Gasteiger partial charge in [-0.1, -0.05) is 58.4 Å². The molecule has 1 fully saturated rings. The molecule has 0 spiro atoms. The Morgan fingerprint density at radius 1 is 1.22 bits per heavy atom. The molecule has 1 amide bonds. The van der Waals surface area contributed by atoms with E-state index in [0.29, 0.717) is 13.0 Å². The lowest BCUT2D eigenvalue weighted by Gasteiger charge is -2.28. The Hall–Kier alpha value is -2.34. The minimum absolute atomic E-state index is 0.144. The van der Waals surface area contributed by atoms with Crippen LogP contribution >= 0.6 is 15.9 Å². The summed E-state index contributed by atoms with van der Waals surface area (Å²) in [7, 11) is 1.36. The maximum absolute atomic E-state index is 12.7. The highest BCUT2D eigenvalue weighted by Gasteiger charge is 2.48. The zero-order valence-electron chi connectivity index (χ0n) is 15.4. The number of carbonyl (C=O) groups is 2. The second kappa shape index (κ2) is 8.13. The van der Waals surface area contributed by atoms with Crippen LogP contribution < -0.4 is 0 Å². The number of ether oxygens (including phenoxy) is 2. The minimum Gasteiger partial charge on any atom is -0.469 e. The number of halogens is 1. The molecule has 6 heteroatoms. The van der Waals surface area contributed by atoms with E-state index in [2.05, 4.69) is 15.9 Å². The van der Waals surface area contributed by atoms with Crippen LogP contribution in [0.3, 0.4) is 0 Å². The van der Waals surface area contributed by atoms with Crippen molar-refractivity contribution in [1.82, 2.24) is 4.90 Å². The van der Waals surface area contributed by atoms with E-state index in [4.69, 9.17) is 9.47 Å². The van der Waals surface area contributed by atoms with Gasteiger partial charge < -0.3 is 9.47 Å². The minimum atomic E-state index is -0.865. The highest BCUT2D eigenvalue weighted by atomic mass is 79.9. The summed E-state index contributed by atoms with van der Waals surface area (Å²) in [5.41, 5.74) is 1.04. The van der Waals surface area contributed by atoms with Gasteiger partial charge in [0.1, 0.15) is 0 Å². The highest BCUT2D eigenvalue weighted by Crippen LogP contribution is 2.40. The number of nitrogens with zero attached hydrogens (tertiary/aromatic N) is 1. The molecule has 2 aromatic rings. The fourth-order valence-corrected chi connectivity index (χ4v) is 3.65. The number of esters is 1. The number of carbonyl (C=O) groups excluding carboxylic acids is 2. The Morgan fingerprint density at radius 3 is 2.52 bits per heavy atom. The van der Waals surface area contributed by atoms with Gasteiger partial charge in [-0.2, -0.15) is 0 Å². The lowest BCUT2D eigenvalue weighted by molar-refractivity contribution is -0.141. The predicted octanol–water partition coefficient (Wildman–Crippen LogP) is 4.81. The summed E-state index contributed by atoms with van der Waals surface area (Å²) in [5, 5.41) is 0. The molecule has 3 rings (SSSR count). The van der Waals surface area contributed by atoms with E-state index in [0.717, 1.165) is 15.6 Å². The van der Waals surface area contributed by atoms with Crippen molar-refractivity contribution in [2.24, 2.45) is 0 Å². The second-order valence-electron chi connectivity index (χ2n) is 6.66. The summed E-state index contributed by atoms with van der Waals surface area (Å²) in [6.45, 7) is 2.36.